The number of hydroxylamine groups is 1. The summed E-state index contributed by atoms with van der Waals surface area (Å²) in [4.78, 5) is 20.5. The summed E-state index contributed by atoms with van der Waals surface area (Å²) in [6.45, 7) is 2.41. The summed E-state index contributed by atoms with van der Waals surface area (Å²) < 4.78 is 7.46. The van der Waals surface area contributed by atoms with Gasteiger partial charge in [-0.05, 0) is 48.4 Å². The average Bonchev–Trinajstić information content (AvgIpc) is 3.05. The number of hydrogen-bond acceptors (Lipinski definition) is 5. The van der Waals surface area contributed by atoms with E-state index in [0.717, 1.165) is 27.7 Å². The van der Waals surface area contributed by atoms with E-state index in [1.807, 2.05) is 31.2 Å². The zero-order valence-electron chi connectivity index (χ0n) is 17.4. The fourth-order valence-corrected chi connectivity index (χ4v) is 4.18. The first-order valence-electron chi connectivity index (χ1n) is 9.82. The molecular formula is C23H20Cl2N4O3. The third-order valence-electron chi connectivity index (χ3n) is 5.41. The van der Waals surface area contributed by atoms with E-state index in [0.29, 0.717) is 22.3 Å². The molecule has 0 fully saturated rings. The molecule has 0 saturated heterocycles. The van der Waals surface area contributed by atoms with Gasteiger partial charge in [-0.2, -0.15) is 4.98 Å². The van der Waals surface area contributed by atoms with Crippen LogP contribution in [-0.4, -0.2) is 27.6 Å². The van der Waals surface area contributed by atoms with Crippen LogP contribution in [0.3, 0.4) is 0 Å². The Hall–Kier alpha value is -2.97. The lowest BCUT2D eigenvalue weighted by atomic mass is 10.1. The monoisotopic (exact) mass is 470 g/mol. The lowest BCUT2D eigenvalue weighted by molar-refractivity contribution is -0.692. The first-order valence-corrected chi connectivity index (χ1v) is 10.6. The van der Waals surface area contributed by atoms with Crippen LogP contribution in [0, 0.1) is 12.1 Å². The van der Waals surface area contributed by atoms with Crippen LogP contribution in [0.5, 0.6) is 5.75 Å². The first-order chi connectivity index (χ1) is 15.4. The standard InChI is InChI=1S/C23H20Cl2N4O3/c1-14-18(11-23(30)29(31)22-7-8-26-13-27-22)19-10-17(32-2)5-6-21(19)28(14)12-15-3-4-16(24)9-20(15)25/h3-10,13,29H,11-12H2,1-2H3. The summed E-state index contributed by atoms with van der Waals surface area (Å²) in [7, 11) is 1.59. The van der Waals surface area contributed by atoms with Crippen LogP contribution in [0.1, 0.15) is 16.8 Å². The van der Waals surface area contributed by atoms with Gasteiger partial charge in [0.25, 0.3) is 0 Å². The number of quaternary nitrogens is 1. The van der Waals surface area contributed by atoms with Crippen LogP contribution < -0.4 is 9.80 Å². The van der Waals surface area contributed by atoms with Crippen LogP contribution in [0.15, 0.2) is 55.0 Å². The number of hydrogen-bond donors (Lipinski definition) is 1. The summed E-state index contributed by atoms with van der Waals surface area (Å²) in [6, 6.07) is 12.5. The van der Waals surface area contributed by atoms with Gasteiger partial charge in [0.1, 0.15) is 12.1 Å². The Bertz CT molecular complexity index is 1290. The molecule has 0 spiro atoms. The molecule has 2 aromatic heterocycles. The number of nitrogens with zero attached hydrogens (tertiary/aromatic N) is 3. The molecule has 1 N–H and O–H groups in total. The average molecular weight is 471 g/mol. The molecule has 0 aliphatic heterocycles. The van der Waals surface area contributed by atoms with Crippen molar-refractivity contribution >= 4 is 45.8 Å². The van der Waals surface area contributed by atoms with Crippen LogP contribution >= 0.6 is 23.2 Å². The number of ether oxygens (including phenoxy) is 1. The molecule has 0 aliphatic carbocycles. The van der Waals surface area contributed by atoms with E-state index in [1.54, 1.807) is 19.2 Å². The second-order valence-electron chi connectivity index (χ2n) is 7.29. The molecule has 0 aliphatic rings. The van der Waals surface area contributed by atoms with E-state index in [4.69, 9.17) is 27.9 Å². The van der Waals surface area contributed by atoms with Gasteiger partial charge in [-0.1, -0.05) is 29.3 Å². The van der Waals surface area contributed by atoms with Gasteiger partial charge in [-0.25, -0.2) is 9.78 Å². The maximum absolute atomic E-state index is 12.8. The van der Waals surface area contributed by atoms with Gasteiger partial charge in [0.05, 0.1) is 13.5 Å². The van der Waals surface area contributed by atoms with Crippen molar-refractivity contribution in [3.8, 4) is 5.75 Å². The van der Waals surface area contributed by atoms with Crippen LogP contribution in [0.2, 0.25) is 10.0 Å². The summed E-state index contributed by atoms with van der Waals surface area (Å²) >= 11 is 12.4. The van der Waals surface area contributed by atoms with E-state index in [-0.39, 0.29) is 12.2 Å². The van der Waals surface area contributed by atoms with Gasteiger partial charge in [0.2, 0.25) is 5.82 Å². The summed E-state index contributed by atoms with van der Waals surface area (Å²) in [5.74, 6) is 0.199. The minimum atomic E-state index is -0.642. The van der Waals surface area contributed by atoms with Crippen molar-refractivity contribution in [3.63, 3.8) is 0 Å². The quantitative estimate of drug-likeness (QED) is 0.432. The van der Waals surface area contributed by atoms with Gasteiger partial charge in [0.15, 0.2) is 0 Å². The Morgan fingerprint density at radius 1 is 1.19 bits per heavy atom. The fourth-order valence-electron chi connectivity index (χ4n) is 3.71. The van der Waals surface area contributed by atoms with Gasteiger partial charge in [-0.15, -0.1) is 0 Å². The second-order valence-corrected chi connectivity index (χ2v) is 8.14. The molecule has 164 valence electrons. The number of nitrogens with one attached hydrogen (secondary N) is 1. The maximum atomic E-state index is 12.8. The van der Waals surface area contributed by atoms with E-state index in [2.05, 4.69) is 14.5 Å². The number of methoxy groups -OCH3 is 1. The SMILES string of the molecule is COc1ccc2c(c1)c(CC(=O)[NH+]([O-])c1ccncn1)c(C)n2Cc1ccc(Cl)cc1Cl. The molecule has 0 radical (unpaired) electrons. The van der Waals surface area contributed by atoms with Crippen molar-refractivity contribution in [2.75, 3.05) is 7.11 Å². The summed E-state index contributed by atoms with van der Waals surface area (Å²) in [6.07, 6.45) is 2.63. The number of rotatable bonds is 6. The lowest BCUT2D eigenvalue weighted by Crippen LogP contribution is -3.05. The zero-order valence-corrected chi connectivity index (χ0v) is 18.9. The molecule has 9 heteroatoms. The zero-order chi connectivity index (χ0) is 22.8. The number of amides is 1. The molecule has 1 amide bonds. The Morgan fingerprint density at radius 2 is 2.00 bits per heavy atom. The Kier molecular flexibility index (Phi) is 6.43. The smallest absolute Gasteiger partial charge is 0.322 e. The number of carbonyl (C=O) groups excluding carboxylic acids is 1. The molecule has 32 heavy (non-hydrogen) atoms. The van der Waals surface area contributed by atoms with E-state index in [9.17, 15) is 10.0 Å². The van der Waals surface area contributed by atoms with Crippen LogP contribution in [-0.2, 0) is 17.8 Å². The molecular weight excluding hydrogens is 451 g/mol. The van der Waals surface area contributed by atoms with Crippen molar-refractivity contribution in [1.82, 2.24) is 14.5 Å². The highest BCUT2D eigenvalue weighted by atomic mass is 35.5. The second kappa shape index (κ2) is 9.26. The van der Waals surface area contributed by atoms with Crippen LogP contribution in [0.25, 0.3) is 10.9 Å². The van der Waals surface area contributed by atoms with E-state index in [1.165, 1.54) is 18.6 Å². The molecule has 0 bridgehead atoms. The van der Waals surface area contributed by atoms with Gasteiger partial charge >= 0.3 is 5.91 Å². The van der Waals surface area contributed by atoms with Gasteiger partial charge in [-0.3, -0.25) is 5.06 Å². The van der Waals surface area contributed by atoms with Crippen molar-refractivity contribution in [2.45, 2.75) is 19.9 Å². The highest BCUT2D eigenvalue weighted by molar-refractivity contribution is 6.35. The molecule has 0 saturated carbocycles. The maximum Gasteiger partial charge on any atom is 0.322 e. The van der Waals surface area contributed by atoms with Crippen LogP contribution in [0.4, 0.5) is 5.82 Å². The molecule has 2 aromatic carbocycles. The lowest BCUT2D eigenvalue weighted by Gasteiger charge is -2.17. The molecule has 2 heterocycles. The van der Waals surface area contributed by atoms with E-state index >= 15 is 0 Å². The number of fused-ring (bicyclic) bond motifs is 1. The largest absolute Gasteiger partial charge is 0.620 e. The number of halogens is 2. The number of benzene rings is 2. The van der Waals surface area contributed by atoms with Crippen molar-refractivity contribution in [3.05, 3.63) is 87.1 Å². The van der Waals surface area contributed by atoms with Gasteiger partial charge < -0.3 is 14.5 Å². The normalized spacial score (nSPS) is 12.2. The Balaban J connectivity index is 1.76. The van der Waals surface area contributed by atoms with E-state index < -0.39 is 11.0 Å². The van der Waals surface area contributed by atoms with Crippen molar-refractivity contribution < 1.29 is 14.6 Å². The molecule has 4 aromatic rings. The third kappa shape index (κ3) is 4.33. The molecule has 4 rings (SSSR count). The first kappa shape index (κ1) is 22.2. The summed E-state index contributed by atoms with van der Waals surface area (Å²) in [5, 5.41) is 13.9. The number of carbonyl (C=O) groups is 1. The Morgan fingerprint density at radius 3 is 2.69 bits per heavy atom. The minimum absolute atomic E-state index is 0.0559. The summed E-state index contributed by atoms with van der Waals surface area (Å²) in [5.41, 5.74) is 3.42. The molecule has 1 atom stereocenters. The third-order valence-corrected chi connectivity index (χ3v) is 6.00. The Labute approximate surface area is 194 Å². The van der Waals surface area contributed by atoms with Crippen molar-refractivity contribution in [1.29, 1.82) is 0 Å². The molecule has 7 nitrogen and oxygen atoms in total. The van der Waals surface area contributed by atoms with Crippen molar-refractivity contribution in [2.24, 2.45) is 0 Å². The predicted molar refractivity (Wildman–Crippen MR) is 124 cm³/mol. The highest BCUT2D eigenvalue weighted by Crippen LogP contribution is 2.32. The molecule has 1 unspecified atom stereocenters. The highest BCUT2D eigenvalue weighted by Gasteiger charge is 2.22. The minimum Gasteiger partial charge on any atom is -0.620 e. The van der Waals surface area contributed by atoms with Gasteiger partial charge in [0, 0.05) is 45.5 Å². The topological polar surface area (TPSA) is 84.5 Å². The number of aromatic nitrogens is 3. The fraction of sp³-hybridized carbons (Fsp3) is 0.174. The predicted octanol–water partition coefficient (Wildman–Crippen LogP) is 3.89.